The Morgan fingerprint density at radius 1 is 1.38 bits per heavy atom. The molecule has 0 heterocycles. The molecule has 16 heavy (non-hydrogen) atoms. The number of benzene rings is 1. The Morgan fingerprint density at radius 3 is 2.69 bits per heavy atom. The standard InChI is InChI=1S/C14H21NO/c1-5-7-10-16-14-11-13(15(3)4)9-8-12(14)6-2/h6,8-9,11H,2,5,7,10H2,1,3-4H3. The van der Waals surface area contributed by atoms with Gasteiger partial charge < -0.3 is 9.64 Å². The highest BCUT2D eigenvalue weighted by atomic mass is 16.5. The zero-order valence-electron chi connectivity index (χ0n) is 10.5. The van der Waals surface area contributed by atoms with Crippen LogP contribution in [0.3, 0.4) is 0 Å². The Hall–Kier alpha value is -1.44. The molecule has 2 heteroatoms. The van der Waals surface area contributed by atoms with Crippen LogP contribution in [0.25, 0.3) is 6.08 Å². The van der Waals surface area contributed by atoms with Gasteiger partial charge >= 0.3 is 0 Å². The molecule has 0 saturated heterocycles. The first-order valence-electron chi connectivity index (χ1n) is 5.75. The Kier molecular flexibility index (Phi) is 4.90. The second-order valence-corrected chi connectivity index (χ2v) is 4.02. The van der Waals surface area contributed by atoms with E-state index in [4.69, 9.17) is 4.74 Å². The largest absolute Gasteiger partial charge is 0.493 e. The quantitative estimate of drug-likeness (QED) is 0.678. The molecule has 0 atom stereocenters. The molecule has 0 aromatic heterocycles. The van der Waals surface area contributed by atoms with Gasteiger partial charge in [-0.3, -0.25) is 0 Å². The van der Waals surface area contributed by atoms with Crippen molar-refractivity contribution in [3.63, 3.8) is 0 Å². The average Bonchev–Trinajstić information content (AvgIpc) is 2.29. The third-order valence-electron chi connectivity index (χ3n) is 2.49. The second kappa shape index (κ2) is 6.21. The SMILES string of the molecule is C=Cc1ccc(N(C)C)cc1OCCCC. The molecule has 1 aromatic rings. The number of hydrogen-bond donors (Lipinski definition) is 0. The third kappa shape index (κ3) is 3.30. The maximum atomic E-state index is 5.76. The van der Waals surface area contributed by atoms with E-state index in [1.807, 2.05) is 26.2 Å². The molecule has 0 aliphatic carbocycles. The molecule has 0 bridgehead atoms. The molecule has 0 saturated carbocycles. The molecule has 0 aliphatic heterocycles. The fraction of sp³-hybridized carbons (Fsp3) is 0.429. The number of anilines is 1. The van der Waals surface area contributed by atoms with Crippen molar-refractivity contribution in [3.05, 3.63) is 30.3 Å². The van der Waals surface area contributed by atoms with E-state index < -0.39 is 0 Å². The summed E-state index contributed by atoms with van der Waals surface area (Å²) in [7, 11) is 4.05. The minimum absolute atomic E-state index is 0.772. The summed E-state index contributed by atoms with van der Waals surface area (Å²) in [5.74, 6) is 0.926. The molecule has 0 N–H and O–H groups in total. The summed E-state index contributed by atoms with van der Waals surface area (Å²) in [6.07, 6.45) is 4.07. The smallest absolute Gasteiger partial charge is 0.128 e. The lowest BCUT2D eigenvalue weighted by atomic mass is 10.1. The molecule has 0 amide bonds. The van der Waals surface area contributed by atoms with E-state index in [1.165, 1.54) is 0 Å². The van der Waals surface area contributed by atoms with Gasteiger partial charge in [0.15, 0.2) is 0 Å². The molecule has 0 spiro atoms. The maximum Gasteiger partial charge on any atom is 0.128 e. The molecule has 1 rings (SSSR count). The van der Waals surface area contributed by atoms with Gasteiger partial charge in [0.1, 0.15) is 5.75 Å². The Balaban J connectivity index is 2.84. The van der Waals surface area contributed by atoms with Crippen molar-refractivity contribution in [1.82, 2.24) is 0 Å². The highest BCUT2D eigenvalue weighted by molar-refractivity contribution is 5.62. The lowest BCUT2D eigenvalue weighted by Gasteiger charge is -2.16. The summed E-state index contributed by atoms with van der Waals surface area (Å²) >= 11 is 0. The molecule has 88 valence electrons. The molecule has 0 unspecified atom stereocenters. The van der Waals surface area contributed by atoms with Gasteiger partial charge in [-0.1, -0.05) is 26.0 Å². The van der Waals surface area contributed by atoms with Gasteiger partial charge in [-0.25, -0.2) is 0 Å². The van der Waals surface area contributed by atoms with Crippen LogP contribution >= 0.6 is 0 Å². The highest BCUT2D eigenvalue weighted by Gasteiger charge is 2.03. The normalized spacial score (nSPS) is 9.94. The van der Waals surface area contributed by atoms with Crippen LogP contribution in [0.2, 0.25) is 0 Å². The van der Waals surface area contributed by atoms with Crippen molar-refractivity contribution in [1.29, 1.82) is 0 Å². The zero-order chi connectivity index (χ0) is 12.0. The van der Waals surface area contributed by atoms with Gasteiger partial charge in [0.05, 0.1) is 6.61 Å². The number of nitrogens with zero attached hydrogens (tertiary/aromatic N) is 1. The van der Waals surface area contributed by atoms with E-state index in [0.29, 0.717) is 0 Å². The fourth-order valence-electron chi connectivity index (χ4n) is 1.42. The van der Waals surface area contributed by atoms with E-state index in [1.54, 1.807) is 0 Å². The summed E-state index contributed by atoms with van der Waals surface area (Å²) in [6, 6.07) is 6.18. The van der Waals surface area contributed by atoms with Crippen LogP contribution in [-0.4, -0.2) is 20.7 Å². The van der Waals surface area contributed by atoms with E-state index in [0.717, 1.165) is 36.4 Å². The Labute approximate surface area is 98.5 Å². The highest BCUT2D eigenvalue weighted by Crippen LogP contribution is 2.25. The molecular formula is C14H21NO. The van der Waals surface area contributed by atoms with Crippen LogP contribution in [0.15, 0.2) is 24.8 Å². The van der Waals surface area contributed by atoms with E-state index >= 15 is 0 Å². The fourth-order valence-corrected chi connectivity index (χ4v) is 1.42. The minimum atomic E-state index is 0.772. The summed E-state index contributed by atoms with van der Waals surface area (Å²) < 4.78 is 5.76. The molecule has 2 nitrogen and oxygen atoms in total. The van der Waals surface area contributed by atoms with Gasteiger partial charge in [-0.05, 0) is 18.6 Å². The second-order valence-electron chi connectivity index (χ2n) is 4.02. The summed E-state index contributed by atoms with van der Waals surface area (Å²) in [6.45, 7) is 6.73. The first-order valence-corrected chi connectivity index (χ1v) is 5.75. The molecule has 0 fully saturated rings. The van der Waals surface area contributed by atoms with Crippen LogP contribution in [0, 0.1) is 0 Å². The van der Waals surface area contributed by atoms with Crippen LogP contribution in [0.4, 0.5) is 5.69 Å². The van der Waals surface area contributed by atoms with Gasteiger partial charge in [0.2, 0.25) is 0 Å². The number of ether oxygens (including phenoxy) is 1. The van der Waals surface area contributed by atoms with Crippen LogP contribution < -0.4 is 9.64 Å². The summed E-state index contributed by atoms with van der Waals surface area (Å²) in [5.41, 5.74) is 2.21. The maximum absolute atomic E-state index is 5.76. The van der Waals surface area contributed by atoms with Gasteiger partial charge in [-0.2, -0.15) is 0 Å². The summed E-state index contributed by atoms with van der Waals surface area (Å²) in [4.78, 5) is 2.07. The molecule has 0 radical (unpaired) electrons. The topological polar surface area (TPSA) is 12.5 Å². The van der Waals surface area contributed by atoms with E-state index in [-0.39, 0.29) is 0 Å². The Morgan fingerprint density at radius 2 is 2.12 bits per heavy atom. The van der Waals surface area contributed by atoms with Crippen molar-refractivity contribution < 1.29 is 4.74 Å². The zero-order valence-corrected chi connectivity index (χ0v) is 10.5. The van der Waals surface area contributed by atoms with Crippen molar-refractivity contribution in [2.75, 3.05) is 25.6 Å². The lowest BCUT2D eigenvalue weighted by molar-refractivity contribution is 0.309. The third-order valence-corrected chi connectivity index (χ3v) is 2.49. The van der Waals surface area contributed by atoms with Crippen LogP contribution in [0.1, 0.15) is 25.3 Å². The van der Waals surface area contributed by atoms with Gasteiger partial charge in [-0.15, -0.1) is 0 Å². The van der Waals surface area contributed by atoms with E-state index in [2.05, 4.69) is 30.5 Å². The predicted molar refractivity (Wildman–Crippen MR) is 71.3 cm³/mol. The van der Waals surface area contributed by atoms with Crippen LogP contribution in [-0.2, 0) is 0 Å². The monoisotopic (exact) mass is 219 g/mol. The number of rotatable bonds is 6. The first-order chi connectivity index (χ1) is 7.69. The van der Waals surface area contributed by atoms with Gasteiger partial charge in [0.25, 0.3) is 0 Å². The first kappa shape index (κ1) is 12.6. The number of hydrogen-bond acceptors (Lipinski definition) is 2. The Bertz CT molecular complexity index is 345. The van der Waals surface area contributed by atoms with Gasteiger partial charge in [0, 0.05) is 31.4 Å². The van der Waals surface area contributed by atoms with Crippen molar-refractivity contribution in [3.8, 4) is 5.75 Å². The van der Waals surface area contributed by atoms with Crippen molar-refractivity contribution in [2.24, 2.45) is 0 Å². The number of unbranched alkanes of at least 4 members (excludes halogenated alkanes) is 1. The van der Waals surface area contributed by atoms with E-state index in [9.17, 15) is 0 Å². The predicted octanol–water partition coefficient (Wildman–Crippen LogP) is 3.57. The molecule has 0 aliphatic rings. The molecular weight excluding hydrogens is 198 g/mol. The summed E-state index contributed by atoms with van der Waals surface area (Å²) in [5, 5.41) is 0. The molecule has 1 aromatic carbocycles. The lowest BCUT2D eigenvalue weighted by Crippen LogP contribution is -2.09. The minimum Gasteiger partial charge on any atom is -0.493 e. The average molecular weight is 219 g/mol. The van der Waals surface area contributed by atoms with Crippen LogP contribution in [0.5, 0.6) is 5.75 Å². The van der Waals surface area contributed by atoms with Crippen molar-refractivity contribution >= 4 is 11.8 Å². The van der Waals surface area contributed by atoms with Crippen molar-refractivity contribution in [2.45, 2.75) is 19.8 Å².